The van der Waals surface area contributed by atoms with E-state index >= 15 is 0 Å². The van der Waals surface area contributed by atoms with E-state index in [1.165, 1.54) is 50.7 Å². The summed E-state index contributed by atoms with van der Waals surface area (Å²) in [6.07, 6.45) is 3.19. The van der Waals surface area contributed by atoms with Gasteiger partial charge in [-0.05, 0) is 79.4 Å². The van der Waals surface area contributed by atoms with Crippen LogP contribution in [0.25, 0.3) is 0 Å². The number of nitrogens with one attached hydrogen (secondary N) is 2. The molecule has 4 aliphatic carbocycles. The summed E-state index contributed by atoms with van der Waals surface area (Å²) in [5.74, 6) is 2.30. The second-order valence-corrected chi connectivity index (χ2v) is 11.1. The summed E-state index contributed by atoms with van der Waals surface area (Å²) in [5.41, 5.74) is -0.196. The molecule has 1 atom stereocenters. The van der Waals surface area contributed by atoms with Crippen LogP contribution in [0.1, 0.15) is 70.4 Å². The number of carbonyl (C=O) groups excluding carboxylic acids is 1. The van der Waals surface area contributed by atoms with E-state index in [1.807, 2.05) is 0 Å². The van der Waals surface area contributed by atoms with Gasteiger partial charge in [0, 0.05) is 12.1 Å². The van der Waals surface area contributed by atoms with Crippen molar-refractivity contribution in [2.75, 3.05) is 0 Å². The van der Waals surface area contributed by atoms with Crippen molar-refractivity contribution in [2.45, 2.75) is 83.6 Å². The van der Waals surface area contributed by atoms with E-state index in [2.05, 4.69) is 31.4 Å². The topological polar surface area (TPSA) is 41.1 Å². The van der Waals surface area contributed by atoms with Gasteiger partial charge in [-0.25, -0.2) is 0 Å². The predicted molar refractivity (Wildman–Crippen MR) is 111 cm³/mol. The number of hydrogen-bond acceptors (Lipinski definition) is 2. The Bertz CT molecular complexity index is 744. The van der Waals surface area contributed by atoms with Crippen molar-refractivity contribution >= 4 is 5.91 Å². The van der Waals surface area contributed by atoms with E-state index in [-0.39, 0.29) is 29.4 Å². The smallest absolute Gasteiger partial charge is 0.351 e. The van der Waals surface area contributed by atoms with Gasteiger partial charge in [0.2, 0.25) is 5.91 Å². The molecular formula is C24H33F3N2O. The van der Waals surface area contributed by atoms with Crippen molar-refractivity contribution in [3.63, 3.8) is 0 Å². The molecular weight excluding hydrogens is 389 g/mol. The first-order chi connectivity index (χ1) is 13.9. The molecule has 5 rings (SSSR count). The zero-order valence-electron chi connectivity index (χ0n) is 18.1. The highest BCUT2D eigenvalue weighted by atomic mass is 19.4. The molecule has 1 aromatic carbocycles. The van der Waals surface area contributed by atoms with Gasteiger partial charge in [-0.1, -0.05) is 32.9 Å². The van der Waals surface area contributed by atoms with Crippen LogP contribution in [0.15, 0.2) is 24.3 Å². The first kappa shape index (κ1) is 21.7. The maximum atomic E-state index is 13.2. The van der Waals surface area contributed by atoms with Crippen LogP contribution in [0, 0.1) is 23.2 Å². The molecule has 6 heteroatoms. The molecule has 0 heterocycles. The zero-order chi connectivity index (χ0) is 21.7. The van der Waals surface area contributed by atoms with E-state index in [9.17, 15) is 18.0 Å². The zero-order valence-corrected chi connectivity index (χ0v) is 18.1. The standard InChI is InChI=1S/C24H33F3N2O/c1-22(2,3)20(29-23-11-16-8-17(12-23)10-18(9-16)13-23)21(30)28-14-15-4-6-19(7-5-15)24(25,26)27/h4-7,16-18,20,29H,8-14H2,1-3H3,(H,28,30). The number of alkyl halides is 3. The Kier molecular flexibility index (Phi) is 5.44. The quantitative estimate of drug-likeness (QED) is 0.677. The number of carbonyl (C=O) groups is 1. The van der Waals surface area contributed by atoms with E-state index < -0.39 is 11.7 Å². The normalized spacial score (nSPS) is 31.6. The SMILES string of the molecule is CC(C)(C)C(NC12CC3CC(CC(C3)C1)C2)C(=O)NCc1ccc(C(F)(F)F)cc1. The van der Waals surface area contributed by atoms with E-state index in [1.54, 1.807) is 0 Å². The highest BCUT2D eigenvalue weighted by Crippen LogP contribution is 2.56. The molecule has 4 fully saturated rings. The minimum absolute atomic E-state index is 0.0679. The largest absolute Gasteiger partial charge is 0.416 e. The lowest BCUT2D eigenvalue weighted by atomic mass is 9.52. The van der Waals surface area contributed by atoms with Gasteiger partial charge < -0.3 is 5.32 Å². The molecule has 0 saturated heterocycles. The number of halogens is 3. The molecule has 4 aliphatic rings. The Labute approximate surface area is 177 Å². The molecule has 4 bridgehead atoms. The van der Waals surface area contributed by atoms with Crippen molar-refractivity contribution in [2.24, 2.45) is 23.2 Å². The molecule has 4 saturated carbocycles. The first-order valence-corrected chi connectivity index (χ1v) is 11.2. The minimum Gasteiger partial charge on any atom is -0.351 e. The number of benzene rings is 1. The molecule has 2 N–H and O–H groups in total. The Morgan fingerprint density at radius 1 is 1.00 bits per heavy atom. The van der Waals surface area contributed by atoms with E-state index in [0.717, 1.165) is 29.9 Å². The van der Waals surface area contributed by atoms with Crippen LogP contribution >= 0.6 is 0 Å². The summed E-state index contributed by atoms with van der Waals surface area (Å²) in [5, 5.41) is 6.77. The van der Waals surface area contributed by atoms with Gasteiger partial charge in [0.15, 0.2) is 0 Å². The van der Waals surface area contributed by atoms with Crippen molar-refractivity contribution in [3.8, 4) is 0 Å². The van der Waals surface area contributed by atoms with Gasteiger partial charge in [-0.2, -0.15) is 13.2 Å². The summed E-state index contributed by atoms with van der Waals surface area (Å²) in [7, 11) is 0. The molecule has 0 spiro atoms. The Balaban J connectivity index is 1.42. The maximum absolute atomic E-state index is 13.2. The number of rotatable bonds is 5. The summed E-state index contributed by atoms with van der Waals surface area (Å²) in [4.78, 5) is 13.2. The Morgan fingerprint density at radius 2 is 1.50 bits per heavy atom. The van der Waals surface area contributed by atoms with Crippen molar-refractivity contribution in [3.05, 3.63) is 35.4 Å². The number of hydrogen-bond donors (Lipinski definition) is 2. The van der Waals surface area contributed by atoms with Gasteiger partial charge in [-0.15, -0.1) is 0 Å². The summed E-state index contributed by atoms with van der Waals surface area (Å²) in [6, 6.07) is 4.67. The third-order valence-corrected chi connectivity index (χ3v) is 7.36. The average Bonchev–Trinajstić information content (AvgIpc) is 2.62. The van der Waals surface area contributed by atoms with Gasteiger partial charge >= 0.3 is 6.18 Å². The van der Waals surface area contributed by atoms with Gasteiger partial charge in [0.1, 0.15) is 0 Å². The highest BCUT2D eigenvalue weighted by molar-refractivity contribution is 5.82. The minimum atomic E-state index is -4.35. The molecule has 0 aliphatic heterocycles. The van der Waals surface area contributed by atoms with Crippen LogP contribution in [0.2, 0.25) is 0 Å². The lowest BCUT2D eigenvalue weighted by molar-refractivity contribution is -0.137. The van der Waals surface area contributed by atoms with Gasteiger partial charge in [0.25, 0.3) is 0 Å². The fraction of sp³-hybridized carbons (Fsp3) is 0.708. The molecule has 166 valence electrons. The summed E-state index contributed by atoms with van der Waals surface area (Å²) >= 11 is 0. The van der Waals surface area contributed by atoms with Gasteiger partial charge in [-0.3, -0.25) is 10.1 Å². The fourth-order valence-corrected chi connectivity index (χ4v) is 6.37. The predicted octanol–water partition coefficient (Wildman–Crippen LogP) is 5.29. The summed E-state index contributed by atoms with van der Waals surface area (Å²) in [6.45, 7) is 6.45. The highest BCUT2D eigenvalue weighted by Gasteiger charge is 2.52. The average molecular weight is 423 g/mol. The Hall–Kier alpha value is -1.56. The molecule has 1 amide bonds. The monoisotopic (exact) mass is 422 g/mol. The van der Waals surface area contributed by atoms with E-state index in [0.29, 0.717) is 5.56 Å². The molecule has 3 nitrogen and oxygen atoms in total. The van der Waals surface area contributed by atoms with Crippen LogP contribution in [0.5, 0.6) is 0 Å². The number of amides is 1. The van der Waals surface area contributed by atoms with Crippen LogP contribution < -0.4 is 10.6 Å². The lowest BCUT2D eigenvalue weighted by Gasteiger charge is -2.58. The third kappa shape index (κ3) is 4.53. The van der Waals surface area contributed by atoms with Crippen LogP contribution in [-0.4, -0.2) is 17.5 Å². The molecule has 1 unspecified atom stereocenters. The first-order valence-electron chi connectivity index (χ1n) is 11.2. The van der Waals surface area contributed by atoms with Crippen molar-refractivity contribution in [1.82, 2.24) is 10.6 Å². The van der Waals surface area contributed by atoms with Crippen LogP contribution in [-0.2, 0) is 17.5 Å². The van der Waals surface area contributed by atoms with Crippen molar-refractivity contribution in [1.29, 1.82) is 0 Å². The summed E-state index contributed by atoms with van der Waals surface area (Å²) < 4.78 is 38.2. The maximum Gasteiger partial charge on any atom is 0.416 e. The lowest BCUT2D eigenvalue weighted by Crippen LogP contribution is -2.65. The van der Waals surface area contributed by atoms with Gasteiger partial charge in [0.05, 0.1) is 11.6 Å². The second-order valence-electron chi connectivity index (χ2n) is 11.1. The van der Waals surface area contributed by atoms with E-state index in [4.69, 9.17) is 0 Å². The second kappa shape index (κ2) is 7.54. The Morgan fingerprint density at radius 3 is 1.93 bits per heavy atom. The third-order valence-electron chi connectivity index (χ3n) is 7.36. The van der Waals surface area contributed by atoms with Crippen molar-refractivity contribution < 1.29 is 18.0 Å². The molecule has 30 heavy (non-hydrogen) atoms. The van der Waals surface area contributed by atoms with Crippen LogP contribution in [0.4, 0.5) is 13.2 Å². The molecule has 0 aromatic heterocycles. The molecule has 1 aromatic rings. The van der Waals surface area contributed by atoms with Crippen LogP contribution in [0.3, 0.4) is 0 Å². The fourth-order valence-electron chi connectivity index (χ4n) is 6.37. The molecule has 0 radical (unpaired) electrons.